The summed E-state index contributed by atoms with van der Waals surface area (Å²) in [6, 6.07) is 11.6. The van der Waals surface area contributed by atoms with Gasteiger partial charge in [-0.25, -0.2) is 0 Å². The van der Waals surface area contributed by atoms with Crippen LogP contribution in [0.4, 0.5) is 0 Å². The molecule has 2 aromatic rings. The zero-order valence-corrected chi connectivity index (χ0v) is 10.5. The van der Waals surface area contributed by atoms with Gasteiger partial charge in [0.15, 0.2) is 5.69 Å². The molecule has 0 N–H and O–H groups in total. The van der Waals surface area contributed by atoms with Gasteiger partial charge in [0.2, 0.25) is 0 Å². The van der Waals surface area contributed by atoms with Crippen molar-refractivity contribution < 1.29 is 9.32 Å². The van der Waals surface area contributed by atoms with Crippen LogP contribution in [0.3, 0.4) is 0 Å². The number of aromatic nitrogens is 1. The van der Waals surface area contributed by atoms with Crippen LogP contribution < -0.4 is 0 Å². The van der Waals surface area contributed by atoms with Gasteiger partial charge in [-0.05, 0) is 19.4 Å². The van der Waals surface area contributed by atoms with Crippen LogP contribution in [0.1, 0.15) is 29.9 Å². The van der Waals surface area contributed by atoms with Crippen molar-refractivity contribution in [1.29, 1.82) is 0 Å². The van der Waals surface area contributed by atoms with E-state index in [0.29, 0.717) is 12.2 Å². The minimum absolute atomic E-state index is 0.106. The molecule has 0 saturated carbocycles. The Morgan fingerprint density at radius 3 is 2.56 bits per heavy atom. The first-order chi connectivity index (χ1) is 8.68. The van der Waals surface area contributed by atoms with Crippen LogP contribution in [0.5, 0.6) is 0 Å². The molecule has 0 aliphatic carbocycles. The molecule has 0 aliphatic rings. The summed E-state index contributed by atoms with van der Waals surface area (Å²) in [5.74, 6) is -0.109. The van der Waals surface area contributed by atoms with Crippen molar-refractivity contribution in [3.63, 3.8) is 0 Å². The molecule has 0 fully saturated rings. The van der Waals surface area contributed by atoms with Gasteiger partial charge in [0.1, 0.15) is 6.26 Å². The maximum atomic E-state index is 12.3. The van der Waals surface area contributed by atoms with Gasteiger partial charge < -0.3 is 9.42 Å². The number of carbonyl (C=O) groups is 1. The second kappa shape index (κ2) is 5.49. The van der Waals surface area contributed by atoms with Crippen molar-refractivity contribution >= 4 is 5.91 Å². The predicted octanol–water partition coefficient (Wildman–Crippen LogP) is 2.73. The number of carbonyl (C=O) groups excluding carboxylic acids is 1. The Kier molecular flexibility index (Phi) is 3.77. The minimum Gasteiger partial charge on any atom is -0.364 e. The lowest BCUT2D eigenvalue weighted by Gasteiger charge is -2.25. The maximum absolute atomic E-state index is 12.3. The Labute approximate surface area is 106 Å². The van der Waals surface area contributed by atoms with Gasteiger partial charge in [0.05, 0.1) is 0 Å². The Morgan fingerprint density at radius 1 is 1.28 bits per heavy atom. The summed E-state index contributed by atoms with van der Waals surface area (Å²) >= 11 is 0. The number of amides is 1. The molecule has 4 nitrogen and oxygen atoms in total. The van der Waals surface area contributed by atoms with Crippen LogP contribution in [0.15, 0.2) is 47.2 Å². The van der Waals surface area contributed by atoms with E-state index in [9.17, 15) is 4.79 Å². The second-order valence-electron chi connectivity index (χ2n) is 4.40. The Bertz CT molecular complexity index is 492. The molecule has 4 heteroatoms. The normalized spacial score (nSPS) is 10.6. The minimum atomic E-state index is -0.109. The number of nitrogens with zero attached hydrogens (tertiary/aromatic N) is 2. The van der Waals surface area contributed by atoms with E-state index >= 15 is 0 Å². The summed E-state index contributed by atoms with van der Waals surface area (Å²) in [5, 5.41) is 3.69. The van der Waals surface area contributed by atoms with Crippen LogP contribution in [0, 0.1) is 0 Å². The zero-order chi connectivity index (χ0) is 13.0. The van der Waals surface area contributed by atoms with Gasteiger partial charge in [-0.2, -0.15) is 0 Å². The SMILES string of the molecule is CC(C)N(Cc1ccccc1)C(=O)c1ccon1. The molecule has 0 spiro atoms. The molecule has 18 heavy (non-hydrogen) atoms. The van der Waals surface area contributed by atoms with Crippen LogP contribution in [-0.4, -0.2) is 22.0 Å². The van der Waals surface area contributed by atoms with Gasteiger partial charge in [0, 0.05) is 18.7 Å². The topological polar surface area (TPSA) is 46.3 Å². The standard InChI is InChI=1S/C14H16N2O2/c1-11(2)16(10-12-6-4-3-5-7-12)14(17)13-8-9-18-15-13/h3-9,11H,10H2,1-2H3. The van der Waals surface area contributed by atoms with Crippen molar-refractivity contribution in [3.8, 4) is 0 Å². The summed E-state index contributed by atoms with van der Waals surface area (Å²) in [6.45, 7) is 4.55. The molecule has 0 unspecified atom stereocenters. The number of rotatable bonds is 4. The lowest BCUT2D eigenvalue weighted by Crippen LogP contribution is -2.36. The summed E-state index contributed by atoms with van der Waals surface area (Å²) in [7, 11) is 0. The fourth-order valence-electron chi connectivity index (χ4n) is 1.74. The van der Waals surface area contributed by atoms with Gasteiger partial charge in [-0.1, -0.05) is 35.5 Å². The highest BCUT2D eigenvalue weighted by atomic mass is 16.5. The molecule has 1 aromatic carbocycles. The van der Waals surface area contributed by atoms with E-state index < -0.39 is 0 Å². The highest BCUT2D eigenvalue weighted by Crippen LogP contribution is 2.12. The fourth-order valence-corrected chi connectivity index (χ4v) is 1.74. The number of hydrogen-bond donors (Lipinski definition) is 0. The van der Waals surface area contributed by atoms with Crippen LogP contribution in [-0.2, 0) is 6.54 Å². The van der Waals surface area contributed by atoms with E-state index in [2.05, 4.69) is 5.16 Å². The van der Waals surface area contributed by atoms with Crippen molar-refractivity contribution in [2.75, 3.05) is 0 Å². The summed E-state index contributed by atoms with van der Waals surface area (Å²) in [6.07, 6.45) is 1.41. The van der Waals surface area contributed by atoms with Crippen LogP contribution in [0.25, 0.3) is 0 Å². The van der Waals surface area contributed by atoms with E-state index in [-0.39, 0.29) is 11.9 Å². The number of benzene rings is 1. The fraction of sp³-hybridized carbons (Fsp3) is 0.286. The molecular formula is C14H16N2O2. The lowest BCUT2D eigenvalue weighted by atomic mass is 10.2. The smallest absolute Gasteiger partial charge is 0.276 e. The highest BCUT2D eigenvalue weighted by Gasteiger charge is 2.21. The molecule has 1 amide bonds. The highest BCUT2D eigenvalue weighted by molar-refractivity contribution is 5.92. The summed E-state index contributed by atoms with van der Waals surface area (Å²) < 4.78 is 4.72. The molecule has 2 rings (SSSR count). The van der Waals surface area contributed by atoms with Crippen LogP contribution in [0.2, 0.25) is 0 Å². The molecule has 94 valence electrons. The third-order valence-electron chi connectivity index (χ3n) is 2.74. The van der Waals surface area contributed by atoms with Gasteiger partial charge in [-0.15, -0.1) is 0 Å². The third kappa shape index (κ3) is 2.77. The quantitative estimate of drug-likeness (QED) is 0.830. The first-order valence-electron chi connectivity index (χ1n) is 5.93. The van der Waals surface area contributed by atoms with Crippen molar-refractivity contribution in [3.05, 3.63) is 53.9 Å². The summed E-state index contributed by atoms with van der Waals surface area (Å²) in [4.78, 5) is 14.0. The largest absolute Gasteiger partial charge is 0.364 e. The van der Waals surface area contributed by atoms with E-state index in [1.165, 1.54) is 6.26 Å². The molecule has 0 saturated heterocycles. The second-order valence-corrected chi connectivity index (χ2v) is 4.40. The first-order valence-corrected chi connectivity index (χ1v) is 5.93. The lowest BCUT2D eigenvalue weighted by molar-refractivity contribution is 0.0679. The Hall–Kier alpha value is -2.10. The van der Waals surface area contributed by atoms with Gasteiger partial charge in [0.25, 0.3) is 5.91 Å². The average molecular weight is 244 g/mol. The van der Waals surface area contributed by atoms with Crippen molar-refractivity contribution in [1.82, 2.24) is 10.1 Å². The van der Waals surface area contributed by atoms with Gasteiger partial charge >= 0.3 is 0 Å². The molecule has 0 aliphatic heterocycles. The van der Waals surface area contributed by atoms with E-state index in [1.807, 2.05) is 44.2 Å². The monoisotopic (exact) mass is 244 g/mol. The van der Waals surface area contributed by atoms with Crippen molar-refractivity contribution in [2.24, 2.45) is 0 Å². The first kappa shape index (κ1) is 12.4. The Balaban J connectivity index is 2.17. The van der Waals surface area contributed by atoms with E-state index in [4.69, 9.17) is 4.52 Å². The maximum Gasteiger partial charge on any atom is 0.276 e. The van der Waals surface area contributed by atoms with Crippen LogP contribution >= 0.6 is 0 Å². The summed E-state index contributed by atoms with van der Waals surface area (Å²) in [5.41, 5.74) is 1.45. The molecule has 1 aromatic heterocycles. The predicted molar refractivity (Wildman–Crippen MR) is 68.0 cm³/mol. The van der Waals surface area contributed by atoms with Crippen molar-refractivity contribution in [2.45, 2.75) is 26.4 Å². The number of hydrogen-bond acceptors (Lipinski definition) is 3. The molecule has 0 radical (unpaired) electrons. The third-order valence-corrected chi connectivity index (χ3v) is 2.74. The molecular weight excluding hydrogens is 228 g/mol. The van der Waals surface area contributed by atoms with Gasteiger partial charge in [-0.3, -0.25) is 4.79 Å². The van der Waals surface area contributed by atoms with E-state index in [0.717, 1.165) is 5.56 Å². The molecule has 1 heterocycles. The molecule has 0 bridgehead atoms. The van der Waals surface area contributed by atoms with E-state index in [1.54, 1.807) is 11.0 Å². The zero-order valence-electron chi connectivity index (χ0n) is 10.5. The average Bonchev–Trinajstić information content (AvgIpc) is 2.90. The Morgan fingerprint density at radius 2 is 2.00 bits per heavy atom. The molecule has 0 atom stereocenters.